The second kappa shape index (κ2) is 11.6. The van der Waals surface area contributed by atoms with Crippen LogP contribution < -0.4 is 5.32 Å². The maximum atomic E-state index is 5.19. The molecule has 1 atom stereocenters. The lowest BCUT2D eigenvalue weighted by atomic mass is 9.94. The number of hydrogen-bond acceptors (Lipinski definition) is 4. The third-order valence-corrected chi connectivity index (χ3v) is 3.92. The van der Waals surface area contributed by atoms with Crippen molar-refractivity contribution in [2.24, 2.45) is 5.92 Å². The second-order valence-electron chi connectivity index (χ2n) is 5.54. The lowest BCUT2D eigenvalue weighted by Crippen LogP contribution is -2.32. The topological polar surface area (TPSA) is 33.7 Å². The highest BCUT2D eigenvalue weighted by molar-refractivity contribution is 4.70. The predicted molar refractivity (Wildman–Crippen MR) is 79.6 cm³/mol. The number of ether oxygens (including phenoxy) is 2. The molecule has 114 valence electrons. The number of methoxy groups -OCH3 is 2. The molecule has 0 saturated carbocycles. The smallest absolute Gasteiger partial charge is 0.0589 e. The third-order valence-electron chi connectivity index (χ3n) is 3.92. The van der Waals surface area contributed by atoms with E-state index in [-0.39, 0.29) is 0 Å². The molecule has 1 fully saturated rings. The van der Waals surface area contributed by atoms with Gasteiger partial charge in [-0.05, 0) is 57.7 Å². The van der Waals surface area contributed by atoms with Gasteiger partial charge in [-0.2, -0.15) is 0 Å². The number of hydrogen-bond donors (Lipinski definition) is 1. The first-order chi connectivity index (χ1) is 9.36. The van der Waals surface area contributed by atoms with Gasteiger partial charge in [0.2, 0.25) is 0 Å². The summed E-state index contributed by atoms with van der Waals surface area (Å²) >= 11 is 0. The molecule has 0 radical (unpaired) electrons. The van der Waals surface area contributed by atoms with Crippen LogP contribution in [0.2, 0.25) is 0 Å². The third kappa shape index (κ3) is 8.58. The van der Waals surface area contributed by atoms with Crippen molar-refractivity contribution in [1.82, 2.24) is 10.2 Å². The van der Waals surface area contributed by atoms with Crippen LogP contribution in [0.25, 0.3) is 0 Å². The van der Waals surface area contributed by atoms with Crippen LogP contribution in [-0.2, 0) is 9.47 Å². The molecule has 1 unspecified atom stereocenters. The quantitative estimate of drug-likeness (QED) is 0.581. The maximum Gasteiger partial charge on any atom is 0.0589 e. The summed E-state index contributed by atoms with van der Waals surface area (Å²) in [5.41, 5.74) is 0. The molecule has 0 aromatic heterocycles. The zero-order valence-corrected chi connectivity index (χ0v) is 12.8. The highest BCUT2D eigenvalue weighted by Gasteiger charge is 2.13. The Morgan fingerprint density at radius 1 is 1.05 bits per heavy atom. The molecular formula is C15H32N2O2. The summed E-state index contributed by atoms with van der Waals surface area (Å²) < 4.78 is 10.3. The van der Waals surface area contributed by atoms with Crippen molar-refractivity contribution in [2.75, 3.05) is 60.2 Å². The van der Waals surface area contributed by atoms with E-state index in [0.29, 0.717) is 0 Å². The van der Waals surface area contributed by atoms with E-state index in [1.165, 1.54) is 45.3 Å². The summed E-state index contributed by atoms with van der Waals surface area (Å²) in [6.07, 6.45) is 6.55. The highest BCUT2D eigenvalue weighted by Crippen LogP contribution is 2.16. The van der Waals surface area contributed by atoms with Crippen molar-refractivity contribution < 1.29 is 9.47 Å². The van der Waals surface area contributed by atoms with Gasteiger partial charge in [-0.1, -0.05) is 0 Å². The summed E-state index contributed by atoms with van der Waals surface area (Å²) in [6.45, 7) is 7.50. The van der Waals surface area contributed by atoms with Crippen molar-refractivity contribution in [1.29, 1.82) is 0 Å². The van der Waals surface area contributed by atoms with Gasteiger partial charge < -0.3 is 19.7 Å². The first kappa shape index (κ1) is 16.9. The van der Waals surface area contributed by atoms with Gasteiger partial charge in [0.25, 0.3) is 0 Å². The fraction of sp³-hybridized carbons (Fsp3) is 1.00. The van der Waals surface area contributed by atoms with Crippen molar-refractivity contribution in [3.8, 4) is 0 Å². The van der Waals surface area contributed by atoms with Crippen LogP contribution in [0.3, 0.4) is 0 Å². The summed E-state index contributed by atoms with van der Waals surface area (Å²) in [7, 11) is 3.55. The van der Waals surface area contributed by atoms with Gasteiger partial charge in [0.15, 0.2) is 0 Å². The minimum absolute atomic E-state index is 0.831. The van der Waals surface area contributed by atoms with Crippen LogP contribution in [0.15, 0.2) is 0 Å². The Labute approximate surface area is 118 Å². The molecule has 1 saturated heterocycles. The van der Waals surface area contributed by atoms with Crippen LogP contribution in [0.1, 0.15) is 32.1 Å². The predicted octanol–water partition coefficient (Wildman–Crippen LogP) is 1.75. The van der Waals surface area contributed by atoms with E-state index in [1.54, 1.807) is 14.2 Å². The molecule has 0 spiro atoms. The van der Waals surface area contributed by atoms with Crippen LogP contribution >= 0.6 is 0 Å². The number of nitrogens with one attached hydrogen (secondary N) is 1. The second-order valence-corrected chi connectivity index (χ2v) is 5.54. The minimum atomic E-state index is 0.831. The lowest BCUT2D eigenvalue weighted by Gasteiger charge is -2.25. The molecule has 4 nitrogen and oxygen atoms in total. The van der Waals surface area contributed by atoms with Crippen LogP contribution in [-0.4, -0.2) is 65.1 Å². The standard InChI is InChI=1S/C15H32N2O2/c1-18-12-5-10-17(11-13-19-2)9-4-7-15-6-3-8-16-14-15/h15-16H,3-14H2,1-2H3. The lowest BCUT2D eigenvalue weighted by molar-refractivity contribution is 0.130. The zero-order valence-electron chi connectivity index (χ0n) is 12.8. The molecule has 1 aliphatic heterocycles. The minimum Gasteiger partial charge on any atom is -0.385 e. The Morgan fingerprint density at radius 3 is 2.53 bits per heavy atom. The molecule has 1 aliphatic rings. The van der Waals surface area contributed by atoms with Crippen LogP contribution in [0.4, 0.5) is 0 Å². The van der Waals surface area contributed by atoms with E-state index in [1.807, 2.05) is 0 Å². The number of nitrogens with zero attached hydrogens (tertiary/aromatic N) is 1. The Bertz CT molecular complexity index is 197. The maximum absolute atomic E-state index is 5.19. The molecule has 0 bridgehead atoms. The van der Waals surface area contributed by atoms with Crippen molar-refractivity contribution in [2.45, 2.75) is 32.1 Å². The first-order valence-electron chi connectivity index (χ1n) is 7.77. The molecule has 0 amide bonds. The number of piperidine rings is 1. The van der Waals surface area contributed by atoms with E-state index >= 15 is 0 Å². The van der Waals surface area contributed by atoms with E-state index in [2.05, 4.69) is 10.2 Å². The first-order valence-corrected chi connectivity index (χ1v) is 7.77. The molecular weight excluding hydrogens is 240 g/mol. The molecule has 19 heavy (non-hydrogen) atoms. The van der Waals surface area contributed by atoms with E-state index in [4.69, 9.17) is 9.47 Å². The summed E-state index contributed by atoms with van der Waals surface area (Å²) in [6, 6.07) is 0. The largest absolute Gasteiger partial charge is 0.385 e. The number of rotatable bonds is 11. The summed E-state index contributed by atoms with van der Waals surface area (Å²) in [4.78, 5) is 2.51. The molecule has 1 N–H and O–H groups in total. The molecule has 4 heteroatoms. The van der Waals surface area contributed by atoms with Crippen molar-refractivity contribution in [3.05, 3.63) is 0 Å². The average molecular weight is 272 g/mol. The molecule has 0 aromatic carbocycles. The van der Waals surface area contributed by atoms with Gasteiger partial charge in [0.05, 0.1) is 6.61 Å². The highest BCUT2D eigenvalue weighted by atomic mass is 16.5. The fourth-order valence-electron chi connectivity index (χ4n) is 2.76. The molecule has 0 aromatic rings. The summed E-state index contributed by atoms with van der Waals surface area (Å²) in [5, 5.41) is 3.50. The Kier molecular flexibility index (Phi) is 10.4. The zero-order chi connectivity index (χ0) is 13.8. The van der Waals surface area contributed by atoms with Crippen molar-refractivity contribution >= 4 is 0 Å². The van der Waals surface area contributed by atoms with Crippen LogP contribution in [0, 0.1) is 5.92 Å². The van der Waals surface area contributed by atoms with Gasteiger partial charge in [-0.25, -0.2) is 0 Å². The SMILES string of the molecule is COCCCN(CCCC1CCCNC1)CCOC. The van der Waals surface area contributed by atoms with Gasteiger partial charge in [0.1, 0.15) is 0 Å². The van der Waals surface area contributed by atoms with Crippen LogP contribution in [0.5, 0.6) is 0 Å². The fourth-order valence-corrected chi connectivity index (χ4v) is 2.76. The van der Waals surface area contributed by atoms with Gasteiger partial charge in [-0.15, -0.1) is 0 Å². The normalized spacial score (nSPS) is 20.1. The molecule has 1 rings (SSSR count). The Hall–Kier alpha value is -0.160. The molecule has 0 aliphatic carbocycles. The van der Waals surface area contributed by atoms with Gasteiger partial charge >= 0.3 is 0 Å². The van der Waals surface area contributed by atoms with E-state index in [9.17, 15) is 0 Å². The monoisotopic (exact) mass is 272 g/mol. The van der Waals surface area contributed by atoms with E-state index in [0.717, 1.165) is 38.6 Å². The summed E-state index contributed by atoms with van der Waals surface area (Å²) in [5.74, 6) is 0.900. The van der Waals surface area contributed by atoms with Gasteiger partial charge in [0, 0.05) is 33.9 Å². The molecule has 1 heterocycles. The van der Waals surface area contributed by atoms with E-state index < -0.39 is 0 Å². The van der Waals surface area contributed by atoms with Crippen molar-refractivity contribution in [3.63, 3.8) is 0 Å². The average Bonchev–Trinajstić information content (AvgIpc) is 2.45. The Balaban J connectivity index is 2.11. The van der Waals surface area contributed by atoms with Gasteiger partial charge in [-0.3, -0.25) is 0 Å². The Morgan fingerprint density at radius 2 is 1.84 bits per heavy atom.